The Morgan fingerprint density at radius 1 is 1.29 bits per heavy atom. The molecule has 0 heteroatoms. The molecule has 1 aromatic rings. The SMILES string of the molecule is C=C(C=Cc1ccccc1)CC=CC. The Bertz CT molecular complexity index is 328. The maximum atomic E-state index is 3.97. The predicted octanol–water partition coefficient (Wildman–Crippen LogP) is 4.22. The van der Waals surface area contributed by atoms with E-state index in [2.05, 4.69) is 36.9 Å². The summed E-state index contributed by atoms with van der Waals surface area (Å²) in [7, 11) is 0. The van der Waals surface area contributed by atoms with Crippen LogP contribution >= 0.6 is 0 Å². The lowest BCUT2D eigenvalue weighted by Gasteiger charge is -1.94. The molecule has 0 nitrogen and oxygen atoms in total. The molecule has 0 aliphatic carbocycles. The molecule has 0 heterocycles. The van der Waals surface area contributed by atoms with E-state index in [0.29, 0.717) is 0 Å². The molecule has 14 heavy (non-hydrogen) atoms. The molecule has 0 saturated carbocycles. The van der Waals surface area contributed by atoms with Gasteiger partial charge in [0.15, 0.2) is 0 Å². The minimum absolute atomic E-state index is 0.930. The number of hydrogen-bond donors (Lipinski definition) is 0. The molecule has 0 N–H and O–H groups in total. The number of allylic oxidation sites excluding steroid dienone is 4. The van der Waals surface area contributed by atoms with Gasteiger partial charge in [-0.25, -0.2) is 0 Å². The smallest absolute Gasteiger partial charge is 0.0103 e. The lowest BCUT2D eigenvalue weighted by molar-refractivity contribution is 1.30. The van der Waals surface area contributed by atoms with Crippen molar-refractivity contribution in [2.24, 2.45) is 0 Å². The third-order valence-corrected chi connectivity index (χ3v) is 1.93. The second-order valence-electron chi connectivity index (χ2n) is 3.18. The summed E-state index contributed by atoms with van der Waals surface area (Å²) in [6, 6.07) is 10.3. The van der Waals surface area contributed by atoms with Gasteiger partial charge in [0, 0.05) is 0 Å². The molecule has 0 spiro atoms. The molecule has 72 valence electrons. The minimum Gasteiger partial charge on any atom is -0.0955 e. The molecule has 0 fully saturated rings. The Labute approximate surface area is 86.3 Å². The highest BCUT2D eigenvalue weighted by atomic mass is 13.9. The lowest BCUT2D eigenvalue weighted by Crippen LogP contribution is -1.73. The van der Waals surface area contributed by atoms with Crippen molar-refractivity contribution in [2.75, 3.05) is 0 Å². The van der Waals surface area contributed by atoms with Crippen LogP contribution in [0.1, 0.15) is 18.9 Å². The molecule has 0 aromatic heterocycles. The van der Waals surface area contributed by atoms with Crippen molar-refractivity contribution in [3.8, 4) is 0 Å². The van der Waals surface area contributed by atoms with Crippen molar-refractivity contribution in [1.82, 2.24) is 0 Å². The van der Waals surface area contributed by atoms with Gasteiger partial charge in [-0.2, -0.15) is 0 Å². The monoisotopic (exact) mass is 184 g/mol. The average Bonchev–Trinajstić information content (AvgIpc) is 2.25. The zero-order valence-electron chi connectivity index (χ0n) is 8.61. The lowest BCUT2D eigenvalue weighted by atomic mass is 10.1. The Kier molecular flexibility index (Phi) is 4.49. The van der Waals surface area contributed by atoms with Crippen LogP contribution in [0, 0.1) is 0 Å². The van der Waals surface area contributed by atoms with Crippen molar-refractivity contribution in [3.05, 3.63) is 66.3 Å². The maximum Gasteiger partial charge on any atom is -0.0103 e. The van der Waals surface area contributed by atoms with Gasteiger partial charge in [-0.3, -0.25) is 0 Å². The zero-order chi connectivity index (χ0) is 10.2. The molecule has 0 radical (unpaired) electrons. The quantitative estimate of drug-likeness (QED) is 0.485. The fourth-order valence-corrected chi connectivity index (χ4v) is 1.12. The van der Waals surface area contributed by atoms with Gasteiger partial charge in [-0.15, -0.1) is 0 Å². The first kappa shape index (κ1) is 10.5. The van der Waals surface area contributed by atoms with Crippen molar-refractivity contribution < 1.29 is 0 Å². The first-order valence-corrected chi connectivity index (χ1v) is 4.85. The van der Waals surface area contributed by atoms with Gasteiger partial charge < -0.3 is 0 Å². The number of hydrogen-bond acceptors (Lipinski definition) is 0. The second kappa shape index (κ2) is 5.98. The first-order chi connectivity index (χ1) is 6.83. The van der Waals surface area contributed by atoms with Gasteiger partial charge in [0.1, 0.15) is 0 Å². The standard InChI is InChI=1S/C14H16/c1-3-4-8-13(2)11-12-14-9-6-5-7-10-14/h3-7,9-12H,2,8H2,1H3. The van der Waals surface area contributed by atoms with Crippen molar-refractivity contribution in [2.45, 2.75) is 13.3 Å². The van der Waals surface area contributed by atoms with Crippen LogP contribution in [0.4, 0.5) is 0 Å². The van der Waals surface area contributed by atoms with Crippen molar-refractivity contribution in [1.29, 1.82) is 0 Å². The molecule has 0 amide bonds. The topological polar surface area (TPSA) is 0 Å². The largest absolute Gasteiger partial charge is 0.0955 e. The van der Waals surface area contributed by atoms with E-state index in [-0.39, 0.29) is 0 Å². The van der Waals surface area contributed by atoms with Crippen LogP contribution in [0.5, 0.6) is 0 Å². The van der Waals surface area contributed by atoms with Crippen LogP contribution in [-0.2, 0) is 0 Å². The fraction of sp³-hybridized carbons (Fsp3) is 0.143. The van der Waals surface area contributed by atoms with Crippen LogP contribution in [0.25, 0.3) is 6.08 Å². The van der Waals surface area contributed by atoms with Gasteiger partial charge in [0.05, 0.1) is 0 Å². The van der Waals surface area contributed by atoms with Crippen molar-refractivity contribution >= 4 is 6.08 Å². The summed E-state index contributed by atoms with van der Waals surface area (Å²) >= 11 is 0. The van der Waals surface area contributed by atoms with Gasteiger partial charge in [0.25, 0.3) is 0 Å². The highest BCUT2D eigenvalue weighted by Gasteiger charge is 1.85. The summed E-state index contributed by atoms with van der Waals surface area (Å²) in [6.45, 7) is 5.99. The Morgan fingerprint density at radius 3 is 2.64 bits per heavy atom. The van der Waals surface area contributed by atoms with Crippen LogP contribution in [-0.4, -0.2) is 0 Å². The van der Waals surface area contributed by atoms with Crippen LogP contribution in [0.2, 0.25) is 0 Å². The molecule has 0 aliphatic heterocycles. The molecular formula is C14H16. The molecule has 0 bridgehead atoms. The predicted molar refractivity (Wildman–Crippen MR) is 64.0 cm³/mol. The summed E-state index contributed by atoms with van der Waals surface area (Å²) in [6.07, 6.45) is 9.24. The third kappa shape index (κ3) is 3.90. The summed E-state index contributed by atoms with van der Waals surface area (Å²) in [5.41, 5.74) is 2.35. The second-order valence-corrected chi connectivity index (χ2v) is 3.18. The molecular weight excluding hydrogens is 168 g/mol. The van der Waals surface area contributed by atoms with Gasteiger partial charge >= 0.3 is 0 Å². The normalized spacial score (nSPS) is 11.2. The molecule has 0 unspecified atom stereocenters. The van der Waals surface area contributed by atoms with E-state index >= 15 is 0 Å². The van der Waals surface area contributed by atoms with E-state index in [9.17, 15) is 0 Å². The number of rotatable bonds is 4. The van der Waals surface area contributed by atoms with Gasteiger partial charge in [0.2, 0.25) is 0 Å². The summed E-state index contributed by atoms with van der Waals surface area (Å²) < 4.78 is 0. The average molecular weight is 184 g/mol. The molecule has 0 saturated heterocycles. The molecule has 0 aliphatic rings. The van der Waals surface area contributed by atoms with Crippen LogP contribution < -0.4 is 0 Å². The summed E-state index contributed by atoms with van der Waals surface area (Å²) in [5, 5.41) is 0. The van der Waals surface area contributed by atoms with E-state index in [1.54, 1.807) is 0 Å². The van der Waals surface area contributed by atoms with E-state index < -0.39 is 0 Å². The van der Waals surface area contributed by atoms with Crippen molar-refractivity contribution in [3.63, 3.8) is 0 Å². The van der Waals surface area contributed by atoms with E-state index in [0.717, 1.165) is 12.0 Å². The Balaban J connectivity index is 2.52. The van der Waals surface area contributed by atoms with Gasteiger partial charge in [-0.1, -0.05) is 66.8 Å². The minimum atomic E-state index is 0.930. The zero-order valence-corrected chi connectivity index (χ0v) is 8.61. The van der Waals surface area contributed by atoms with Crippen LogP contribution in [0.15, 0.2) is 60.7 Å². The highest BCUT2D eigenvalue weighted by Crippen LogP contribution is 2.06. The van der Waals surface area contributed by atoms with Gasteiger partial charge in [-0.05, 0) is 18.9 Å². The summed E-state index contributed by atoms with van der Waals surface area (Å²) in [4.78, 5) is 0. The van der Waals surface area contributed by atoms with E-state index in [4.69, 9.17) is 0 Å². The molecule has 1 aromatic carbocycles. The number of benzene rings is 1. The Morgan fingerprint density at radius 2 is 2.00 bits per heavy atom. The van der Waals surface area contributed by atoms with E-state index in [1.807, 2.05) is 31.2 Å². The fourth-order valence-electron chi connectivity index (χ4n) is 1.12. The maximum absolute atomic E-state index is 3.97. The highest BCUT2D eigenvalue weighted by molar-refractivity contribution is 5.52. The third-order valence-electron chi connectivity index (χ3n) is 1.93. The first-order valence-electron chi connectivity index (χ1n) is 4.85. The summed E-state index contributed by atoms with van der Waals surface area (Å²) in [5.74, 6) is 0. The Hall–Kier alpha value is -1.56. The van der Waals surface area contributed by atoms with E-state index in [1.165, 1.54) is 5.56 Å². The van der Waals surface area contributed by atoms with Crippen LogP contribution in [0.3, 0.4) is 0 Å². The molecule has 1 rings (SSSR count). The molecule has 0 atom stereocenters.